The van der Waals surface area contributed by atoms with Gasteiger partial charge in [0.15, 0.2) is 0 Å². The molecule has 4 nitrogen and oxygen atoms in total. The van der Waals surface area contributed by atoms with E-state index in [4.69, 9.17) is 0 Å². The molecule has 0 aliphatic carbocycles. The molecule has 0 bridgehead atoms. The second-order valence-electron chi connectivity index (χ2n) is 6.90. The molecule has 0 radical (unpaired) electrons. The molecule has 1 amide bonds. The largest absolute Gasteiger partial charge is 0.368 e. The number of nitrogens with zero attached hydrogens (tertiary/aromatic N) is 3. The number of benzene rings is 1. The first-order valence-corrected chi connectivity index (χ1v) is 9.98. The van der Waals surface area contributed by atoms with Gasteiger partial charge in [0.1, 0.15) is 0 Å². The topological polar surface area (TPSA) is 26.8 Å². The maximum Gasteiger partial charge on any atom is 0.236 e. The minimum absolute atomic E-state index is 0.276. The smallest absolute Gasteiger partial charge is 0.236 e. The van der Waals surface area contributed by atoms with Crippen LogP contribution >= 0.6 is 11.3 Å². The second-order valence-corrected chi connectivity index (χ2v) is 7.90. The van der Waals surface area contributed by atoms with Crippen LogP contribution in [0.1, 0.15) is 23.4 Å². The van der Waals surface area contributed by atoms with Gasteiger partial charge in [-0.15, -0.1) is 11.3 Å². The minimum atomic E-state index is 0.276. The summed E-state index contributed by atoms with van der Waals surface area (Å²) < 4.78 is 0. The number of amides is 1. The van der Waals surface area contributed by atoms with Crippen molar-refractivity contribution in [3.05, 3.63) is 52.2 Å². The monoisotopic (exact) mass is 355 g/mol. The van der Waals surface area contributed by atoms with E-state index < -0.39 is 0 Å². The minimum Gasteiger partial charge on any atom is -0.368 e. The fraction of sp³-hybridized carbons (Fsp3) is 0.450. The van der Waals surface area contributed by atoms with Crippen molar-refractivity contribution in [2.75, 3.05) is 44.2 Å². The molecule has 1 aromatic heterocycles. The summed E-state index contributed by atoms with van der Waals surface area (Å²) in [7, 11) is 0. The lowest BCUT2D eigenvalue weighted by Crippen LogP contribution is -2.52. The Kier molecular flexibility index (Phi) is 4.77. The highest BCUT2D eigenvalue weighted by atomic mass is 32.1. The van der Waals surface area contributed by atoms with Crippen LogP contribution in [0.5, 0.6) is 0 Å². The highest BCUT2D eigenvalue weighted by Crippen LogP contribution is 2.32. The lowest BCUT2D eigenvalue weighted by atomic mass is 10.0. The highest BCUT2D eigenvalue weighted by Gasteiger charge is 2.28. The lowest BCUT2D eigenvalue weighted by molar-refractivity contribution is -0.133. The standard InChI is InChI=1S/C20H25N3OS/c1-16-18-8-14-25-19(18)7-9-23(16)15-20(24)22-12-10-21(11-13-22)17-5-3-2-4-6-17/h2-6,8,14,16H,7,9-13,15H2,1H3/t16-/m0/s1. The van der Waals surface area contributed by atoms with Gasteiger partial charge in [-0.1, -0.05) is 18.2 Å². The van der Waals surface area contributed by atoms with Crippen LogP contribution in [-0.2, 0) is 11.2 Å². The molecule has 1 aromatic carbocycles. The Morgan fingerprint density at radius 3 is 2.60 bits per heavy atom. The van der Waals surface area contributed by atoms with Crippen LogP contribution < -0.4 is 4.90 Å². The highest BCUT2D eigenvalue weighted by molar-refractivity contribution is 7.10. The number of rotatable bonds is 3. The molecule has 132 valence electrons. The van der Waals surface area contributed by atoms with Crippen molar-refractivity contribution in [1.29, 1.82) is 0 Å². The van der Waals surface area contributed by atoms with E-state index >= 15 is 0 Å². The predicted molar refractivity (Wildman–Crippen MR) is 103 cm³/mol. The molecule has 2 aliphatic heterocycles. The van der Waals surface area contributed by atoms with Gasteiger partial charge in [0, 0.05) is 49.3 Å². The van der Waals surface area contributed by atoms with E-state index in [2.05, 4.69) is 52.4 Å². The summed E-state index contributed by atoms with van der Waals surface area (Å²) in [5.41, 5.74) is 2.67. The molecule has 5 heteroatoms. The maximum atomic E-state index is 12.8. The number of hydrogen-bond acceptors (Lipinski definition) is 4. The van der Waals surface area contributed by atoms with E-state index in [0.717, 1.165) is 39.1 Å². The molecule has 2 aliphatic rings. The van der Waals surface area contributed by atoms with Gasteiger partial charge in [0.05, 0.1) is 6.54 Å². The van der Waals surface area contributed by atoms with E-state index in [0.29, 0.717) is 12.6 Å². The molecule has 1 fully saturated rings. The summed E-state index contributed by atoms with van der Waals surface area (Å²) in [4.78, 5) is 21.0. The Morgan fingerprint density at radius 1 is 1.08 bits per heavy atom. The molecule has 2 aromatic rings. The number of fused-ring (bicyclic) bond motifs is 1. The first kappa shape index (κ1) is 16.6. The van der Waals surface area contributed by atoms with Crippen LogP contribution in [0.25, 0.3) is 0 Å². The van der Waals surface area contributed by atoms with Gasteiger partial charge in [-0.05, 0) is 42.5 Å². The average Bonchev–Trinajstić information content (AvgIpc) is 3.14. The van der Waals surface area contributed by atoms with Crippen LogP contribution in [0.4, 0.5) is 5.69 Å². The molecule has 0 unspecified atom stereocenters. The van der Waals surface area contributed by atoms with E-state index in [1.54, 1.807) is 0 Å². The fourth-order valence-electron chi connectivity index (χ4n) is 3.90. The summed E-state index contributed by atoms with van der Waals surface area (Å²) in [6.45, 7) is 7.23. The number of carbonyl (C=O) groups excluding carboxylic acids is 1. The Morgan fingerprint density at radius 2 is 1.84 bits per heavy atom. The number of thiophene rings is 1. The van der Waals surface area contributed by atoms with Gasteiger partial charge in [-0.3, -0.25) is 9.69 Å². The summed E-state index contributed by atoms with van der Waals surface area (Å²) in [5.74, 6) is 0.276. The molecular weight excluding hydrogens is 330 g/mol. The fourth-order valence-corrected chi connectivity index (χ4v) is 4.87. The van der Waals surface area contributed by atoms with Crippen LogP contribution in [0.15, 0.2) is 41.8 Å². The van der Waals surface area contributed by atoms with Crippen molar-refractivity contribution in [1.82, 2.24) is 9.80 Å². The van der Waals surface area contributed by atoms with Crippen LogP contribution in [-0.4, -0.2) is 55.0 Å². The molecule has 4 rings (SSSR count). The lowest BCUT2D eigenvalue weighted by Gasteiger charge is -2.38. The Hall–Kier alpha value is -1.85. The van der Waals surface area contributed by atoms with Crippen LogP contribution in [0.2, 0.25) is 0 Å². The summed E-state index contributed by atoms with van der Waals surface area (Å²) in [6, 6.07) is 13.1. The molecule has 1 saturated heterocycles. The average molecular weight is 356 g/mol. The zero-order valence-electron chi connectivity index (χ0n) is 14.7. The molecule has 1 atom stereocenters. The Labute approximate surface area is 153 Å². The third-order valence-electron chi connectivity index (χ3n) is 5.50. The Bertz CT molecular complexity index is 722. The van der Waals surface area contributed by atoms with Gasteiger partial charge in [0.25, 0.3) is 0 Å². The van der Waals surface area contributed by atoms with Gasteiger partial charge >= 0.3 is 0 Å². The van der Waals surface area contributed by atoms with Gasteiger partial charge in [-0.25, -0.2) is 0 Å². The quantitative estimate of drug-likeness (QED) is 0.847. The zero-order valence-corrected chi connectivity index (χ0v) is 15.5. The number of anilines is 1. The van der Waals surface area contributed by atoms with Crippen molar-refractivity contribution in [3.63, 3.8) is 0 Å². The van der Waals surface area contributed by atoms with Crippen LogP contribution in [0.3, 0.4) is 0 Å². The first-order valence-electron chi connectivity index (χ1n) is 9.10. The predicted octanol–water partition coefficient (Wildman–Crippen LogP) is 3.02. The third-order valence-corrected chi connectivity index (χ3v) is 6.49. The second kappa shape index (κ2) is 7.18. The molecule has 0 spiro atoms. The Balaban J connectivity index is 1.32. The molecule has 0 N–H and O–H groups in total. The first-order chi connectivity index (χ1) is 12.2. The van der Waals surface area contributed by atoms with Crippen molar-refractivity contribution < 1.29 is 4.79 Å². The number of para-hydroxylation sites is 1. The maximum absolute atomic E-state index is 12.8. The molecule has 0 saturated carbocycles. The summed E-state index contributed by atoms with van der Waals surface area (Å²) in [6.07, 6.45) is 1.08. The molecular formula is C20H25N3OS. The van der Waals surface area contributed by atoms with E-state index in [9.17, 15) is 4.79 Å². The van der Waals surface area contributed by atoms with Gasteiger partial charge < -0.3 is 9.80 Å². The molecule has 3 heterocycles. The van der Waals surface area contributed by atoms with Crippen molar-refractivity contribution in [2.45, 2.75) is 19.4 Å². The van der Waals surface area contributed by atoms with E-state index in [-0.39, 0.29) is 5.91 Å². The zero-order chi connectivity index (χ0) is 17.2. The number of hydrogen-bond donors (Lipinski definition) is 0. The van der Waals surface area contributed by atoms with Gasteiger partial charge in [0.2, 0.25) is 5.91 Å². The van der Waals surface area contributed by atoms with Crippen LogP contribution in [0, 0.1) is 0 Å². The normalized spacial score (nSPS) is 21.2. The number of carbonyl (C=O) groups is 1. The van der Waals surface area contributed by atoms with Crippen molar-refractivity contribution in [3.8, 4) is 0 Å². The van der Waals surface area contributed by atoms with E-state index in [1.807, 2.05) is 22.3 Å². The van der Waals surface area contributed by atoms with Crippen molar-refractivity contribution in [2.24, 2.45) is 0 Å². The van der Waals surface area contributed by atoms with Crippen molar-refractivity contribution >= 4 is 22.9 Å². The van der Waals surface area contributed by atoms with E-state index in [1.165, 1.54) is 16.1 Å². The SMILES string of the molecule is C[C@H]1c2ccsc2CCN1CC(=O)N1CCN(c2ccccc2)CC1. The van der Waals surface area contributed by atoms with Gasteiger partial charge in [-0.2, -0.15) is 0 Å². The molecule has 25 heavy (non-hydrogen) atoms. The number of piperazine rings is 1. The third kappa shape index (κ3) is 3.44. The summed E-state index contributed by atoms with van der Waals surface area (Å²) in [5, 5.41) is 2.18. The summed E-state index contributed by atoms with van der Waals surface area (Å²) >= 11 is 1.85.